The smallest absolute Gasteiger partial charge is 0.331 e. The van der Waals surface area contributed by atoms with Crippen molar-refractivity contribution >= 4 is 11.9 Å². The molecule has 0 aliphatic heterocycles. The van der Waals surface area contributed by atoms with Crippen molar-refractivity contribution in [3.8, 4) is 0 Å². The molecule has 4 N–H and O–H groups in total. The number of hydrogen-bond acceptors (Lipinski definition) is 4. The normalized spacial score (nSPS) is 24.1. The Hall–Kier alpha value is -1.89. The number of carboxylic acid groups (broad SMARTS) is 1. The number of aliphatic carboxylic acids is 1. The first-order valence-corrected chi connectivity index (χ1v) is 6.76. The molecule has 1 aliphatic rings. The first kappa shape index (κ1) is 14.5. The monoisotopic (exact) mass is 280 g/mol. The Bertz CT molecular complexity index is 500. The maximum absolute atomic E-state index is 12.2. The lowest BCUT2D eigenvalue weighted by molar-refractivity contribution is -0.143. The number of nitrogens with two attached hydrogens (primary N) is 1. The second-order valence-electron chi connectivity index (χ2n) is 5.28. The number of carboxylic acids is 1. The molecular formula is C13H20N4O3. The van der Waals surface area contributed by atoms with Crippen LogP contribution >= 0.6 is 0 Å². The minimum absolute atomic E-state index is 0.188. The van der Waals surface area contributed by atoms with E-state index in [-0.39, 0.29) is 17.9 Å². The Balaban J connectivity index is 2.08. The summed E-state index contributed by atoms with van der Waals surface area (Å²) in [4.78, 5) is 23.5. The van der Waals surface area contributed by atoms with Crippen molar-refractivity contribution in [3.05, 3.63) is 18.0 Å². The molecule has 1 amide bonds. The van der Waals surface area contributed by atoms with Gasteiger partial charge in [0.25, 0.3) is 0 Å². The van der Waals surface area contributed by atoms with E-state index in [2.05, 4.69) is 10.4 Å². The summed E-state index contributed by atoms with van der Waals surface area (Å²) in [5.74, 6) is -1.69. The average molecular weight is 280 g/mol. The molecule has 3 atom stereocenters. The van der Waals surface area contributed by atoms with Gasteiger partial charge in [0.1, 0.15) is 0 Å². The van der Waals surface area contributed by atoms with Crippen LogP contribution in [0.4, 0.5) is 0 Å². The van der Waals surface area contributed by atoms with Gasteiger partial charge in [-0.1, -0.05) is 12.8 Å². The minimum atomic E-state index is -1.10. The van der Waals surface area contributed by atoms with Crippen molar-refractivity contribution in [3.63, 3.8) is 0 Å². The summed E-state index contributed by atoms with van der Waals surface area (Å²) in [6.45, 7) is 0. The molecular weight excluding hydrogens is 260 g/mol. The standard InChI is InChI=1S/C13H20N4O3/c1-17-7-8(6-15-17)11(13(19)20)16-12(18)9-4-2-3-5-10(9)14/h6-7,9-11H,2-5,14H2,1H3,(H,16,18)(H,19,20). The van der Waals surface area contributed by atoms with Crippen molar-refractivity contribution in [2.75, 3.05) is 0 Å². The molecule has 2 rings (SSSR count). The SMILES string of the molecule is Cn1cc(C(NC(=O)C2CCCCC2N)C(=O)O)cn1. The summed E-state index contributed by atoms with van der Waals surface area (Å²) < 4.78 is 1.50. The molecule has 1 heterocycles. The largest absolute Gasteiger partial charge is 0.479 e. The van der Waals surface area contributed by atoms with E-state index in [9.17, 15) is 14.7 Å². The molecule has 1 aromatic heterocycles. The van der Waals surface area contributed by atoms with Crippen LogP contribution in [-0.2, 0) is 16.6 Å². The number of carbonyl (C=O) groups excluding carboxylic acids is 1. The van der Waals surface area contributed by atoms with Gasteiger partial charge in [0.2, 0.25) is 5.91 Å². The predicted octanol–water partition coefficient (Wildman–Crippen LogP) is 0.180. The zero-order valence-electron chi connectivity index (χ0n) is 11.5. The number of rotatable bonds is 4. The molecule has 110 valence electrons. The highest BCUT2D eigenvalue weighted by Crippen LogP contribution is 2.24. The van der Waals surface area contributed by atoms with Crippen molar-refractivity contribution in [2.24, 2.45) is 18.7 Å². The highest BCUT2D eigenvalue weighted by molar-refractivity contribution is 5.86. The Morgan fingerprint density at radius 1 is 1.50 bits per heavy atom. The van der Waals surface area contributed by atoms with E-state index >= 15 is 0 Å². The van der Waals surface area contributed by atoms with E-state index in [1.165, 1.54) is 10.9 Å². The summed E-state index contributed by atoms with van der Waals surface area (Å²) in [7, 11) is 1.70. The van der Waals surface area contributed by atoms with Gasteiger partial charge >= 0.3 is 5.97 Å². The summed E-state index contributed by atoms with van der Waals surface area (Å²) >= 11 is 0. The number of carbonyl (C=O) groups is 2. The fraction of sp³-hybridized carbons (Fsp3) is 0.615. The first-order valence-electron chi connectivity index (χ1n) is 6.76. The van der Waals surface area contributed by atoms with Gasteiger partial charge in [-0.3, -0.25) is 9.48 Å². The summed E-state index contributed by atoms with van der Waals surface area (Å²) in [5.41, 5.74) is 6.41. The second kappa shape index (κ2) is 6.04. The van der Waals surface area contributed by atoms with Crippen LogP contribution < -0.4 is 11.1 Å². The number of amides is 1. The lowest BCUT2D eigenvalue weighted by Crippen LogP contribution is -2.46. The van der Waals surface area contributed by atoms with E-state index in [1.54, 1.807) is 13.2 Å². The third-order valence-corrected chi connectivity index (χ3v) is 3.75. The van der Waals surface area contributed by atoms with Crippen molar-refractivity contribution in [2.45, 2.75) is 37.8 Å². The molecule has 0 bridgehead atoms. The van der Waals surface area contributed by atoms with Crippen LogP contribution in [-0.4, -0.2) is 32.8 Å². The molecule has 0 saturated heterocycles. The van der Waals surface area contributed by atoms with Gasteiger partial charge in [-0.05, 0) is 12.8 Å². The highest BCUT2D eigenvalue weighted by Gasteiger charge is 2.32. The van der Waals surface area contributed by atoms with E-state index < -0.39 is 12.0 Å². The number of hydrogen-bond donors (Lipinski definition) is 3. The fourth-order valence-electron chi connectivity index (χ4n) is 2.61. The molecule has 1 aliphatic carbocycles. The maximum Gasteiger partial charge on any atom is 0.331 e. The molecule has 0 aromatic carbocycles. The lowest BCUT2D eigenvalue weighted by atomic mass is 9.84. The van der Waals surface area contributed by atoms with Crippen LogP contribution in [0, 0.1) is 5.92 Å². The molecule has 1 fully saturated rings. The van der Waals surface area contributed by atoms with Crippen LogP contribution in [0.3, 0.4) is 0 Å². The lowest BCUT2D eigenvalue weighted by Gasteiger charge is -2.28. The number of nitrogens with one attached hydrogen (secondary N) is 1. The topological polar surface area (TPSA) is 110 Å². The molecule has 1 aromatic rings. The number of nitrogens with zero attached hydrogens (tertiary/aromatic N) is 2. The van der Waals surface area contributed by atoms with Crippen molar-refractivity contribution in [1.82, 2.24) is 15.1 Å². The van der Waals surface area contributed by atoms with Gasteiger partial charge in [0.05, 0.1) is 12.1 Å². The van der Waals surface area contributed by atoms with Crippen molar-refractivity contribution in [1.29, 1.82) is 0 Å². The predicted molar refractivity (Wildman–Crippen MR) is 71.7 cm³/mol. The van der Waals surface area contributed by atoms with Crippen LogP contribution in [0.1, 0.15) is 37.3 Å². The third-order valence-electron chi connectivity index (χ3n) is 3.75. The van der Waals surface area contributed by atoms with E-state index in [0.717, 1.165) is 19.3 Å². The second-order valence-corrected chi connectivity index (χ2v) is 5.28. The van der Waals surface area contributed by atoms with Gasteiger partial charge in [-0.25, -0.2) is 4.79 Å². The summed E-state index contributed by atoms with van der Waals surface area (Å²) in [6.07, 6.45) is 6.53. The minimum Gasteiger partial charge on any atom is -0.479 e. The molecule has 1 saturated carbocycles. The quantitative estimate of drug-likeness (QED) is 0.728. The van der Waals surface area contributed by atoms with Crippen LogP contribution in [0.15, 0.2) is 12.4 Å². The van der Waals surface area contributed by atoms with E-state index in [4.69, 9.17) is 5.73 Å². The third kappa shape index (κ3) is 3.16. The van der Waals surface area contributed by atoms with Crippen LogP contribution in [0.25, 0.3) is 0 Å². The van der Waals surface area contributed by atoms with Crippen molar-refractivity contribution < 1.29 is 14.7 Å². The van der Waals surface area contributed by atoms with Crippen LogP contribution in [0.5, 0.6) is 0 Å². The average Bonchev–Trinajstić information content (AvgIpc) is 2.82. The van der Waals surface area contributed by atoms with Gasteiger partial charge < -0.3 is 16.2 Å². The Morgan fingerprint density at radius 3 is 2.75 bits per heavy atom. The van der Waals surface area contributed by atoms with Gasteiger partial charge in [0.15, 0.2) is 6.04 Å². The first-order chi connectivity index (χ1) is 9.49. The maximum atomic E-state index is 12.2. The van der Waals surface area contributed by atoms with E-state index in [1.807, 2.05) is 0 Å². The zero-order chi connectivity index (χ0) is 14.7. The van der Waals surface area contributed by atoms with Crippen LogP contribution in [0.2, 0.25) is 0 Å². The van der Waals surface area contributed by atoms with Gasteiger partial charge in [-0.2, -0.15) is 5.10 Å². The number of aryl methyl sites for hydroxylation is 1. The molecule has 3 unspecified atom stereocenters. The highest BCUT2D eigenvalue weighted by atomic mass is 16.4. The molecule has 0 spiro atoms. The Labute approximate surface area is 117 Å². The summed E-state index contributed by atoms with van der Waals surface area (Å²) in [6, 6.07) is -1.27. The molecule has 7 nitrogen and oxygen atoms in total. The van der Waals surface area contributed by atoms with Gasteiger partial charge in [0, 0.05) is 24.8 Å². The zero-order valence-corrected chi connectivity index (χ0v) is 11.5. The van der Waals surface area contributed by atoms with Gasteiger partial charge in [-0.15, -0.1) is 0 Å². The molecule has 7 heteroatoms. The Morgan fingerprint density at radius 2 is 2.20 bits per heavy atom. The number of aromatic nitrogens is 2. The molecule has 20 heavy (non-hydrogen) atoms. The molecule has 0 radical (unpaired) electrons. The Kier molecular flexibility index (Phi) is 4.39. The fourth-order valence-corrected chi connectivity index (χ4v) is 2.61. The van der Waals surface area contributed by atoms with E-state index in [0.29, 0.717) is 12.0 Å². The summed E-state index contributed by atoms with van der Waals surface area (Å²) in [5, 5.41) is 15.8.